The lowest BCUT2D eigenvalue weighted by Crippen LogP contribution is -2.38. The van der Waals surface area contributed by atoms with Crippen molar-refractivity contribution in [3.05, 3.63) is 0 Å². The molecule has 0 aromatic rings. The maximum atomic E-state index is 2.52. The molecule has 1 rings (SSSR count). The van der Waals surface area contributed by atoms with E-state index >= 15 is 0 Å². The van der Waals surface area contributed by atoms with E-state index in [4.69, 9.17) is 0 Å². The Morgan fingerprint density at radius 1 is 1.44 bits per heavy atom. The van der Waals surface area contributed by atoms with Crippen molar-refractivity contribution in [2.45, 2.75) is 36.3 Å². The second-order valence-electron chi connectivity index (χ2n) is 2.88. The van der Waals surface area contributed by atoms with Crippen LogP contribution in [-0.4, -0.2) is 22.0 Å². The molecular weight excluding hydrogens is 225 g/mol. The van der Waals surface area contributed by atoms with Crippen LogP contribution in [0.15, 0.2) is 0 Å². The van der Waals surface area contributed by atoms with Crippen molar-refractivity contribution in [3.63, 3.8) is 0 Å². The SMILES string of the molecule is C[C@H]1CCC[C@@H](I)N1C. The molecule has 0 spiro atoms. The van der Waals surface area contributed by atoms with Gasteiger partial charge < -0.3 is 0 Å². The van der Waals surface area contributed by atoms with E-state index in [9.17, 15) is 0 Å². The van der Waals surface area contributed by atoms with Gasteiger partial charge in [-0.2, -0.15) is 0 Å². The molecule has 0 aliphatic carbocycles. The zero-order valence-electron chi connectivity index (χ0n) is 6.10. The van der Waals surface area contributed by atoms with Crippen LogP contribution in [0.5, 0.6) is 0 Å². The van der Waals surface area contributed by atoms with Gasteiger partial charge in [-0.25, -0.2) is 0 Å². The van der Waals surface area contributed by atoms with Crippen LogP contribution in [-0.2, 0) is 0 Å². The van der Waals surface area contributed by atoms with E-state index < -0.39 is 0 Å². The molecule has 0 aromatic heterocycles. The highest BCUT2D eigenvalue weighted by Crippen LogP contribution is 2.24. The third kappa shape index (κ3) is 1.80. The third-order valence-electron chi connectivity index (χ3n) is 2.20. The molecule has 2 heteroatoms. The third-order valence-corrected chi connectivity index (χ3v) is 3.70. The highest BCUT2D eigenvalue weighted by atomic mass is 127. The molecule has 9 heavy (non-hydrogen) atoms. The largest absolute Gasteiger partial charge is 0.292 e. The van der Waals surface area contributed by atoms with Gasteiger partial charge in [0.25, 0.3) is 0 Å². The highest BCUT2D eigenvalue weighted by molar-refractivity contribution is 14.1. The molecule has 1 saturated heterocycles. The first-order valence-corrected chi connectivity index (χ1v) is 4.82. The predicted octanol–water partition coefficient (Wildman–Crippen LogP) is 2.25. The Labute approximate surface area is 70.9 Å². The lowest BCUT2D eigenvalue weighted by atomic mass is 10.1. The van der Waals surface area contributed by atoms with Gasteiger partial charge >= 0.3 is 0 Å². The number of halogens is 1. The number of rotatable bonds is 0. The number of hydrogen-bond acceptors (Lipinski definition) is 1. The van der Waals surface area contributed by atoms with Crippen LogP contribution in [0.4, 0.5) is 0 Å². The minimum absolute atomic E-state index is 0.784. The summed E-state index contributed by atoms with van der Waals surface area (Å²) in [7, 11) is 2.22. The van der Waals surface area contributed by atoms with Crippen LogP contribution in [0.3, 0.4) is 0 Å². The van der Waals surface area contributed by atoms with Gasteiger partial charge in [-0.1, -0.05) is 22.6 Å². The Morgan fingerprint density at radius 2 is 2.11 bits per heavy atom. The van der Waals surface area contributed by atoms with Crippen molar-refractivity contribution in [2.75, 3.05) is 7.05 Å². The van der Waals surface area contributed by atoms with Gasteiger partial charge in [0.2, 0.25) is 0 Å². The van der Waals surface area contributed by atoms with Gasteiger partial charge in [0, 0.05) is 6.04 Å². The summed E-state index contributed by atoms with van der Waals surface area (Å²) in [6.07, 6.45) is 4.18. The first-order chi connectivity index (χ1) is 4.22. The molecule has 1 fully saturated rings. The Morgan fingerprint density at radius 3 is 2.56 bits per heavy atom. The molecular formula is C7H14IN. The van der Waals surface area contributed by atoms with Crippen molar-refractivity contribution in [1.29, 1.82) is 0 Å². The fraction of sp³-hybridized carbons (Fsp3) is 1.00. The summed E-state index contributed by atoms with van der Waals surface area (Å²) >= 11 is 2.52. The van der Waals surface area contributed by atoms with Crippen molar-refractivity contribution < 1.29 is 0 Å². The maximum Gasteiger partial charge on any atom is 0.0618 e. The second-order valence-corrected chi connectivity index (χ2v) is 4.32. The normalized spacial score (nSPS) is 39.0. The van der Waals surface area contributed by atoms with Gasteiger partial charge in [-0.3, -0.25) is 4.90 Å². The Balaban J connectivity index is 2.41. The number of likely N-dealkylation sites (tertiary alicyclic amines) is 1. The average molecular weight is 239 g/mol. The van der Waals surface area contributed by atoms with E-state index in [1.165, 1.54) is 19.3 Å². The number of hydrogen-bond donors (Lipinski definition) is 0. The zero-order valence-corrected chi connectivity index (χ0v) is 8.26. The van der Waals surface area contributed by atoms with Crippen molar-refractivity contribution in [2.24, 2.45) is 0 Å². The molecule has 1 aliphatic heterocycles. The molecule has 0 bridgehead atoms. The van der Waals surface area contributed by atoms with Crippen LogP contribution >= 0.6 is 22.6 Å². The van der Waals surface area contributed by atoms with E-state index in [2.05, 4.69) is 41.5 Å². The van der Waals surface area contributed by atoms with Crippen molar-refractivity contribution in [3.8, 4) is 0 Å². The summed E-state index contributed by atoms with van der Waals surface area (Å²) in [5.74, 6) is 0. The summed E-state index contributed by atoms with van der Waals surface area (Å²) in [5.41, 5.74) is 0. The van der Waals surface area contributed by atoms with Crippen LogP contribution in [0.2, 0.25) is 0 Å². The fourth-order valence-electron chi connectivity index (χ4n) is 1.27. The molecule has 1 nitrogen and oxygen atoms in total. The van der Waals surface area contributed by atoms with Crippen molar-refractivity contribution >= 4 is 22.6 Å². The van der Waals surface area contributed by atoms with Gasteiger partial charge in [0.1, 0.15) is 0 Å². The fourth-order valence-corrected chi connectivity index (χ4v) is 2.25. The van der Waals surface area contributed by atoms with E-state index in [0.717, 1.165) is 10.1 Å². The van der Waals surface area contributed by atoms with Gasteiger partial charge in [-0.05, 0) is 33.2 Å². The lowest BCUT2D eigenvalue weighted by Gasteiger charge is -2.34. The summed E-state index contributed by atoms with van der Waals surface area (Å²) in [6, 6.07) is 0.806. The monoisotopic (exact) mass is 239 g/mol. The van der Waals surface area contributed by atoms with Gasteiger partial charge in [0.05, 0.1) is 4.05 Å². The molecule has 54 valence electrons. The molecule has 0 saturated carbocycles. The van der Waals surface area contributed by atoms with Crippen LogP contribution in [0.25, 0.3) is 0 Å². The minimum Gasteiger partial charge on any atom is -0.292 e. The van der Waals surface area contributed by atoms with Gasteiger partial charge in [-0.15, -0.1) is 0 Å². The Hall–Kier alpha value is 0.690. The van der Waals surface area contributed by atoms with E-state index in [1.807, 2.05) is 0 Å². The standard InChI is InChI=1S/C7H14IN/c1-6-4-3-5-7(8)9(6)2/h6-7H,3-5H2,1-2H3/t6-,7-/m0/s1. The summed E-state index contributed by atoms with van der Waals surface area (Å²) in [4.78, 5) is 2.46. The Bertz CT molecular complexity index is 84.9. The first-order valence-electron chi connectivity index (χ1n) is 3.58. The molecule has 1 heterocycles. The quantitative estimate of drug-likeness (QED) is 0.356. The predicted molar refractivity (Wildman–Crippen MR) is 48.9 cm³/mol. The molecule has 2 atom stereocenters. The minimum atomic E-state index is 0.784. The van der Waals surface area contributed by atoms with Crippen LogP contribution < -0.4 is 0 Å². The number of piperidine rings is 1. The molecule has 0 radical (unpaired) electrons. The lowest BCUT2D eigenvalue weighted by molar-refractivity contribution is 0.189. The maximum absolute atomic E-state index is 2.52. The van der Waals surface area contributed by atoms with Crippen LogP contribution in [0.1, 0.15) is 26.2 Å². The van der Waals surface area contributed by atoms with E-state index in [1.54, 1.807) is 0 Å². The first kappa shape index (κ1) is 7.79. The molecule has 1 aliphatic rings. The topological polar surface area (TPSA) is 3.24 Å². The average Bonchev–Trinajstić information content (AvgIpc) is 1.83. The molecule has 0 amide bonds. The number of alkyl halides is 1. The molecule has 0 N–H and O–H groups in total. The van der Waals surface area contributed by atoms with E-state index in [0.29, 0.717) is 0 Å². The summed E-state index contributed by atoms with van der Waals surface area (Å²) in [5, 5.41) is 0. The number of nitrogens with zero attached hydrogens (tertiary/aromatic N) is 1. The second kappa shape index (κ2) is 3.19. The Kier molecular flexibility index (Phi) is 2.76. The summed E-state index contributed by atoms with van der Waals surface area (Å²) in [6.45, 7) is 2.31. The smallest absolute Gasteiger partial charge is 0.0618 e. The van der Waals surface area contributed by atoms with Crippen molar-refractivity contribution in [1.82, 2.24) is 4.90 Å². The van der Waals surface area contributed by atoms with Crippen LogP contribution in [0, 0.1) is 0 Å². The summed E-state index contributed by atoms with van der Waals surface area (Å²) < 4.78 is 0.784. The molecule has 0 aromatic carbocycles. The van der Waals surface area contributed by atoms with Gasteiger partial charge in [0.15, 0.2) is 0 Å². The van der Waals surface area contributed by atoms with E-state index in [-0.39, 0.29) is 0 Å². The molecule has 0 unspecified atom stereocenters. The zero-order chi connectivity index (χ0) is 6.85. The highest BCUT2D eigenvalue weighted by Gasteiger charge is 2.21.